The number of nitrogens with one attached hydrogen (secondary N) is 1. The van der Waals surface area contributed by atoms with Gasteiger partial charge in [0, 0.05) is 10.9 Å². The predicted molar refractivity (Wildman–Crippen MR) is 101 cm³/mol. The molecule has 0 unspecified atom stereocenters. The number of benzene rings is 2. The molecular weight excluding hydrogens is 402 g/mol. The molecular formula is C20H14F2N2O4S. The third kappa shape index (κ3) is 3.17. The van der Waals surface area contributed by atoms with Gasteiger partial charge in [0.2, 0.25) is 5.91 Å². The molecule has 1 saturated carbocycles. The van der Waals surface area contributed by atoms with Gasteiger partial charge in [-0.2, -0.15) is 0 Å². The molecule has 1 amide bonds. The lowest BCUT2D eigenvalue weighted by molar-refractivity contribution is -0.286. The number of hydrogen-bond acceptors (Lipinski definition) is 6. The van der Waals surface area contributed by atoms with Crippen LogP contribution in [0.3, 0.4) is 0 Å². The van der Waals surface area contributed by atoms with E-state index in [1.54, 1.807) is 29.6 Å². The SMILES string of the molecule is O=C(Nc1nc(-c2cccc(O)c2)cs1)C1(c2ccc3c(c2)OC(F)(F)O3)CC1. The summed E-state index contributed by atoms with van der Waals surface area (Å²) in [5.41, 5.74) is 1.17. The molecule has 1 fully saturated rings. The van der Waals surface area contributed by atoms with E-state index in [1.807, 2.05) is 6.07 Å². The number of phenols is 1. The van der Waals surface area contributed by atoms with Crippen LogP contribution in [0.2, 0.25) is 0 Å². The van der Waals surface area contributed by atoms with Crippen LogP contribution in [0.4, 0.5) is 13.9 Å². The first kappa shape index (κ1) is 17.9. The summed E-state index contributed by atoms with van der Waals surface area (Å²) in [4.78, 5) is 17.3. The molecule has 2 aromatic carbocycles. The molecule has 0 atom stereocenters. The van der Waals surface area contributed by atoms with Crippen molar-refractivity contribution in [1.82, 2.24) is 4.98 Å². The van der Waals surface area contributed by atoms with Gasteiger partial charge in [-0.15, -0.1) is 20.1 Å². The Hall–Kier alpha value is -3.20. The summed E-state index contributed by atoms with van der Waals surface area (Å²) in [7, 11) is 0. The Morgan fingerprint density at radius 3 is 2.69 bits per heavy atom. The first-order valence-corrected chi connectivity index (χ1v) is 9.69. The lowest BCUT2D eigenvalue weighted by atomic mass is 9.94. The van der Waals surface area contributed by atoms with E-state index in [1.165, 1.54) is 23.5 Å². The van der Waals surface area contributed by atoms with Gasteiger partial charge < -0.3 is 19.9 Å². The second kappa shape index (κ2) is 6.15. The summed E-state index contributed by atoms with van der Waals surface area (Å²) in [5.74, 6) is -0.246. The van der Waals surface area contributed by atoms with Crippen LogP contribution >= 0.6 is 11.3 Å². The molecule has 2 aliphatic rings. The number of nitrogens with zero attached hydrogens (tertiary/aromatic N) is 1. The average molecular weight is 416 g/mol. The summed E-state index contributed by atoms with van der Waals surface area (Å²) in [6.07, 6.45) is -2.50. The van der Waals surface area contributed by atoms with Gasteiger partial charge in [-0.05, 0) is 42.7 Å². The normalized spacial score (nSPS) is 17.7. The zero-order valence-corrected chi connectivity index (χ0v) is 15.6. The van der Waals surface area contributed by atoms with Gasteiger partial charge in [-0.3, -0.25) is 4.79 Å². The molecule has 0 spiro atoms. The van der Waals surface area contributed by atoms with Crippen molar-refractivity contribution in [3.63, 3.8) is 0 Å². The number of rotatable bonds is 4. The standard InChI is InChI=1S/C20H14F2N2O4S/c21-20(22)27-15-5-4-12(9-16(15)28-20)19(6-7-19)17(26)24-18-23-14(10-29-18)11-2-1-3-13(25)8-11/h1-5,8-10,25H,6-7H2,(H,23,24,26). The maximum Gasteiger partial charge on any atom is 0.586 e. The molecule has 0 bridgehead atoms. The van der Waals surface area contributed by atoms with Crippen molar-refractivity contribution in [3.8, 4) is 28.5 Å². The van der Waals surface area contributed by atoms with Crippen molar-refractivity contribution < 1.29 is 28.2 Å². The first-order chi connectivity index (χ1) is 13.8. The Kier molecular flexibility index (Phi) is 3.79. The highest BCUT2D eigenvalue weighted by Gasteiger charge is 2.53. The van der Waals surface area contributed by atoms with E-state index >= 15 is 0 Å². The molecule has 6 nitrogen and oxygen atoms in total. The van der Waals surface area contributed by atoms with Crippen molar-refractivity contribution in [2.75, 3.05) is 5.32 Å². The van der Waals surface area contributed by atoms with Gasteiger partial charge in [0.25, 0.3) is 0 Å². The fourth-order valence-corrected chi connectivity index (χ4v) is 4.08. The lowest BCUT2D eigenvalue weighted by Gasteiger charge is -2.15. The second-order valence-electron chi connectivity index (χ2n) is 6.95. The minimum atomic E-state index is -3.69. The van der Waals surface area contributed by atoms with E-state index in [-0.39, 0.29) is 23.2 Å². The summed E-state index contributed by atoms with van der Waals surface area (Å²) in [6.45, 7) is 0. The molecule has 1 aromatic heterocycles. The quantitative estimate of drug-likeness (QED) is 0.654. The van der Waals surface area contributed by atoms with E-state index < -0.39 is 11.7 Å². The Bertz CT molecular complexity index is 1130. The largest absolute Gasteiger partial charge is 0.586 e. The number of thiazole rings is 1. The number of fused-ring (bicyclic) bond motifs is 1. The maximum atomic E-state index is 13.2. The minimum Gasteiger partial charge on any atom is -0.508 e. The summed E-state index contributed by atoms with van der Waals surface area (Å²) < 4.78 is 35.4. The van der Waals surface area contributed by atoms with Crippen LogP contribution < -0.4 is 14.8 Å². The van der Waals surface area contributed by atoms with Gasteiger partial charge >= 0.3 is 6.29 Å². The third-order valence-electron chi connectivity index (χ3n) is 5.01. The summed E-state index contributed by atoms with van der Waals surface area (Å²) in [6, 6.07) is 11.1. The molecule has 0 radical (unpaired) electrons. The fraction of sp³-hybridized carbons (Fsp3) is 0.200. The average Bonchev–Trinajstić information content (AvgIpc) is 3.25. The van der Waals surface area contributed by atoms with Gasteiger partial charge in [-0.1, -0.05) is 18.2 Å². The molecule has 3 aromatic rings. The number of carbonyl (C=O) groups excluding carboxylic acids is 1. The van der Waals surface area contributed by atoms with E-state index in [0.717, 1.165) is 5.56 Å². The molecule has 148 valence electrons. The van der Waals surface area contributed by atoms with Crippen LogP contribution in [0.5, 0.6) is 17.2 Å². The van der Waals surface area contributed by atoms with Crippen molar-refractivity contribution >= 4 is 22.4 Å². The minimum absolute atomic E-state index is 0.0503. The predicted octanol–water partition coefficient (Wildman–Crippen LogP) is 4.51. The number of alkyl halides is 2. The van der Waals surface area contributed by atoms with Gasteiger partial charge in [0.05, 0.1) is 11.1 Å². The number of halogens is 2. The van der Waals surface area contributed by atoms with Gasteiger partial charge in [0.15, 0.2) is 16.6 Å². The number of phenolic OH excluding ortho intramolecular Hbond substituents is 1. The number of amides is 1. The molecule has 0 saturated heterocycles. The van der Waals surface area contributed by atoms with Crippen molar-refractivity contribution in [1.29, 1.82) is 0 Å². The second-order valence-corrected chi connectivity index (χ2v) is 7.81. The van der Waals surface area contributed by atoms with Crippen LogP contribution in [0.1, 0.15) is 18.4 Å². The maximum absolute atomic E-state index is 13.2. The first-order valence-electron chi connectivity index (χ1n) is 8.81. The third-order valence-corrected chi connectivity index (χ3v) is 5.76. The lowest BCUT2D eigenvalue weighted by Crippen LogP contribution is -2.27. The van der Waals surface area contributed by atoms with Crippen LogP contribution in [-0.2, 0) is 10.2 Å². The Morgan fingerprint density at radius 2 is 1.93 bits per heavy atom. The molecule has 29 heavy (non-hydrogen) atoms. The molecule has 1 aliphatic carbocycles. The molecule has 2 N–H and O–H groups in total. The molecule has 5 rings (SSSR count). The molecule has 9 heteroatoms. The number of anilines is 1. The van der Waals surface area contributed by atoms with Crippen molar-refractivity contribution in [2.24, 2.45) is 0 Å². The van der Waals surface area contributed by atoms with Crippen LogP contribution in [0, 0.1) is 0 Å². The van der Waals surface area contributed by atoms with Crippen molar-refractivity contribution in [2.45, 2.75) is 24.6 Å². The number of aromatic hydroxyl groups is 1. The number of hydrogen-bond donors (Lipinski definition) is 2. The Morgan fingerprint density at radius 1 is 1.14 bits per heavy atom. The van der Waals surface area contributed by atoms with E-state index in [9.17, 15) is 18.7 Å². The highest BCUT2D eigenvalue weighted by Crippen LogP contribution is 2.52. The van der Waals surface area contributed by atoms with Crippen LogP contribution in [-0.4, -0.2) is 22.3 Å². The summed E-state index contributed by atoms with van der Waals surface area (Å²) >= 11 is 1.27. The van der Waals surface area contributed by atoms with Crippen molar-refractivity contribution in [3.05, 3.63) is 53.4 Å². The van der Waals surface area contributed by atoms with Crippen LogP contribution in [0.25, 0.3) is 11.3 Å². The van der Waals surface area contributed by atoms with Gasteiger partial charge in [0.1, 0.15) is 5.75 Å². The number of carbonyl (C=O) groups is 1. The highest BCUT2D eigenvalue weighted by molar-refractivity contribution is 7.14. The smallest absolute Gasteiger partial charge is 0.508 e. The highest BCUT2D eigenvalue weighted by atomic mass is 32.1. The zero-order chi connectivity index (χ0) is 20.2. The molecule has 1 aliphatic heterocycles. The monoisotopic (exact) mass is 416 g/mol. The van der Waals surface area contributed by atoms with E-state index in [0.29, 0.717) is 29.2 Å². The Balaban J connectivity index is 1.36. The fourth-order valence-electron chi connectivity index (χ4n) is 3.36. The van der Waals surface area contributed by atoms with E-state index in [4.69, 9.17) is 0 Å². The number of aromatic nitrogens is 1. The summed E-state index contributed by atoms with van der Waals surface area (Å²) in [5, 5.41) is 14.6. The van der Waals surface area contributed by atoms with E-state index in [2.05, 4.69) is 19.8 Å². The van der Waals surface area contributed by atoms with Crippen LogP contribution in [0.15, 0.2) is 47.8 Å². The Labute approximate surface area is 167 Å². The topological polar surface area (TPSA) is 80.7 Å². The molecule has 2 heterocycles. The van der Waals surface area contributed by atoms with Gasteiger partial charge in [-0.25, -0.2) is 4.98 Å². The zero-order valence-electron chi connectivity index (χ0n) is 14.8. The number of ether oxygens (including phenoxy) is 2.